The van der Waals surface area contributed by atoms with Gasteiger partial charge in [-0.2, -0.15) is 5.10 Å². The van der Waals surface area contributed by atoms with Crippen molar-refractivity contribution in [1.82, 2.24) is 10.2 Å². The van der Waals surface area contributed by atoms with Gasteiger partial charge in [0.25, 0.3) is 0 Å². The third-order valence-electron chi connectivity index (χ3n) is 1.43. The highest BCUT2D eigenvalue weighted by Crippen LogP contribution is 2.25. The van der Waals surface area contributed by atoms with Crippen molar-refractivity contribution in [2.75, 3.05) is 12.1 Å². The number of aromatic amines is 1. The molecule has 0 atom stereocenters. The number of rotatable bonds is 2. The minimum absolute atomic E-state index is 0.0833. The van der Waals surface area contributed by atoms with E-state index in [1.54, 1.807) is 6.92 Å². The van der Waals surface area contributed by atoms with Crippen molar-refractivity contribution in [3.63, 3.8) is 0 Å². The molecular formula is C5H9N5O2. The number of nitrogens with one attached hydrogen (secondary N) is 1. The van der Waals surface area contributed by atoms with Crippen LogP contribution in [0.4, 0.5) is 11.5 Å². The Morgan fingerprint density at radius 1 is 1.75 bits per heavy atom. The first-order valence-corrected chi connectivity index (χ1v) is 3.21. The summed E-state index contributed by atoms with van der Waals surface area (Å²) in [5.41, 5.74) is 0.243. The fourth-order valence-corrected chi connectivity index (χ4v) is 0.879. The van der Waals surface area contributed by atoms with Crippen molar-refractivity contribution in [2.24, 2.45) is 5.84 Å². The minimum Gasteiger partial charge on any atom is -0.293 e. The predicted molar refractivity (Wildman–Crippen MR) is 42.6 cm³/mol. The molecule has 0 spiro atoms. The summed E-state index contributed by atoms with van der Waals surface area (Å²) in [4.78, 5) is 9.96. The molecule has 3 N–H and O–H groups in total. The number of hydrazine groups is 1. The Morgan fingerprint density at radius 3 is 2.67 bits per heavy atom. The summed E-state index contributed by atoms with van der Waals surface area (Å²) < 4.78 is 0. The maximum absolute atomic E-state index is 10.5. The molecule has 1 rings (SSSR count). The molecule has 1 aromatic heterocycles. The van der Waals surface area contributed by atoms with Gasteiger partial charge in [-0.15, -0.1) is 0 Å². The van der Waals surface area contributed by atoms with E-state index in [0.717, 1.165) is 5.01 Å². The molecule has 0 aliphatic carbocycles. The molecule has 0 aliphatic heterocycles. The van der Waals surface area contributed by atoms with E-state index in [-0.39, 0.29) is 11.5 Å². The van der Waals surface area contributed by atoms with Crippen LogP contribution >= 0.6 is 0 Å². The molecule has 0 fully saturated rings. The minimum atomic E-state index is -0.516. The number of hydrogen-bond acceptors (Lipinski definition) is 5. The number of nitrogens with two attached hydrogens (primary N) is 1. The normalized spacial score (nSPS) is 9.92. The quantitative estimate of drug-likeness (QED) is 0.368. The van der Waals surface area contributed by atoms with E-state index in [0.29, 0.717) is 5.69 Å². The lowest BCUT2D eigenvalue weighted by Gasteiger charge is -2.06. The molecule has 0 amide bonds. The molecule has 0 bridgehead atoms. The zero-order valence-electron chi connectivity index (χ0n) is 6.74. The van der Waals surface area contributed by atoms with Gasteiger partial charge >= 0.3 is 5.69 Å². The first-order valence-electron chi connectivity index (χ1n) is 3.21. The molecule has 0 unspecified atom stereocenters. The van der Waals surface area contributed by atoms with E-state index < -0.39 is 4.92 Å². The van der Waals surface area contributed by atoms with E-state index in [4.69, 9.17) is 5.84 Å². The summed E-state index contributed by atoms with van der Waals surface area (Å²) in [5.74, 6) is 5.53. The van der Waals surface area contributed by atoms with Gasteiger partial charge in [0.1, 0.15) is 5.69 Å². The topological polar surface area (TPSA) is 101 Å². The van der Waals surface area contributed by atoms with Crippen molar-refractivity contribution in [2.45, 2.75) is 6.92 Å². The maximum Gasteiger partial charge on any atom is 0.335 e. The number of aromatic nitrogens is 2. The van der Waals surface area contributed by atoms with E-state index in [9.17, 15) is 10.1 Å². The summed E-state index contributed by atoms with van der Waals surface area (Å²) in [6.07, 6.45) is 0. The standard InChI is InChI=1S/C5H9N5O2/c1-3-4(10(11)12)5(8-7-3)9(2)6/h6H2,1-2H3,(H,7,8). The van der Waals surface area contributed by atoms with Crippen molar-refractivity contribution in [1.29, 1.82) is 0 Å². The summed E-state index contributed by atoms with van der Waals surface area (Å²) >= 11 is 0. The summed E-state index contributed by atoms with van der Waals surface area (Å²) in [7, 11) is 1.50. The molecule has 0 aromatic carbocycles. The van der Waals surface area contributed by atoms with Crippen LogP contribution in [-0.4, -0.2) is 22.2 Å². The zero-order chi connectivity index (χ0) is 9.30. The molecule has 0 radical (unpaired) electrons. The Hall–Kier alpha value is -1.63. The lowest BCUT2D eigenvalue weighted by molar-refractivity contribution is -0.384. The van der Waals surface area contributed by atoms with Crippen LogP contribution in [0.3, 0.4) is 0 Å². The molecule has 7 nitrogen and oxygen atoms in total. The summed E-state index contributed by atoms with van der Waals surface area (Å²) in [6.45, 7) is 1.54. The van der Waals surface area contributed by atoms with E-state index in [2.05, 4.69) is 10.2 Å². The number of hydrogen-bond donors (Lipinski definition) is 2. The van der Waals surface area contributed by atoms with Crippen LogP contribution in [0, 0.1) is 17.0 Å². The number of anilines is 1. The van der Waals surface area contributed by atoms with Crippen LogP contribution < -0.4 is 10.9 Å². The maximum atomic E-state index is 10.5. The Morgan fingerprint density at radius 2 is 2.33 bits per heavy atom. The highest BCUT2D eigenvalue weighted by molar-refractivity contribution is 5.58. The number of nitrogens with zero attached hydrogens (tertiary/aromatic N) is 3. The number of H-pyrrole nitrogens is 1. The molecule has 66 valence electrons. The van der Waals surface area contributed by atoms with Gasteiger partial charge in [0.15, 0.2) is 0 Å². The van der Waals surface area contributed by atoms with Crippen LogP contribution in [0.25, 0.3) is 0 Å². The second kappa shape index (κ2) is 2.78. The third-order valence-corrected chi connectivity index (χ3v) is 1.43. The lowest BCUT2D eigenvalue weighted by atomic mass is 10.4. The zero-order valence-corrected chi connectivity index (χ0v) is 6.74. The highest BCUT2D eigenvalue weighted by Gasteiger charge is 2.22. The van der Waals surface area contributed by atoms with Crippen LogP contribution in [0.15, 0.2) is 0 Å². The Bertz CT molecular complexity index is 305. The van der Waals surface area contributed by atoms with Gasteiger partial charge in [0.05, 0.1) is 4.92 Å². The summed E-state index contributed by atoms with van der Waals surface area (Å²) in [6, 6.07) is 0. The first kappa shape index (κ1) is 8.47. The van der Waals surface area contributed by atoms with E-state index >= 15 is 0 Å². The van der Waals surface area contributed by atoms with Gasteiger partial charge in [-0.25, -0.2) is 5.84 Å². The SMILES string of the molecule is Cc1n[nH]c(N(C)N)c1[N+](=O)[O-]. The molecular weight excluding hydrogens is 162 g/mol. The van der Waals surface area contributed by atoms with E-state index in [1.807, 2.05) is 0 Å². The van der Waals surface area contributed by atoms with Gasteiger partial charge in [0.2, 0.25) is 5.82 Å². The average molecular weight is 171 g/mol. The number of aryl methyl sites for hydroxylation is 1. The molecule has 12 heavy (non-hydrogen) atoms. The van der Waals surface area contributed by atoms with Crippen LogP contribution in [-0.2, 0) is 0 Å². The Labute approximate surface area is 68.3 Å². The first-order chi connectivity index (χ1) is 5.54. The van der Waals surface area contributed by atoms with Crippen LogP contribution in [0.5, 0.6) is 0 Å². The van der Waals surface area contributed by atoms with Gasteiger partial charge in [-0.1, -0.05) is 0 Å². The number of nitro groups is 1. The van der Waals surface area contributed by atoms with Gasteiger partial charge in [-0.3, -0.25) is 20.2 Å². The molecule has 1 heterocycles. The molecule has 1 aromatic rings. The van der Waals surface area contributed by atoms with Gasteiger partial charge in [-0.05, 0) is 6.92 Å². The van der Waals surface area contributed by atoms with Crippen molar-refractivity contribution < 1.29 is 4.92 Å². The largest absolute Gasteiger partial charge is 0.335 e. The lowest BCUT2D eigenvalue weighted by Crippen LogP contribution is -2.26. The van der Waals surface area contributed by atoms with Crippen molar-refractivity contribution in [3.05, 3.63) is 15.8 Å². The van der Waals surface area contributed by atoms with Crippen LogP contribution in [0.1, 0.15) is 5.69 Å². The molecule has 0 saturated heterocycles. The van der Waals surface area contributed by atoms with Gasteiger partial charge in [0, 0.05) is 7.05 Å². The fourth-order valence-electron chi connectivity index (χ4n) is 0.879. The second-order valence-corrected chi connectivity index (χ2v) is 2.37. The van der Waals surface area contributed by atoms with E-state index in [1.165, 1.54) is 7.05 Å². The Balaban J connectivity index is 3.21. The monoisotopic (exact) mass is 171 g/mol. The highest BCUT2D eigenvalue weighted by atomic mass is 16.6. The second-order valence-electron chi connectivity index (χ2n) is 2.37. The molecule has 0 aliphatic rings. The van der Waals surface area contributed by atoms with Crippen LogP contribution in [0.2, 0.25) is 0 Å². The molecule has 0 saturated carbocycles. The van der Waals surface area contributed by atoms with Gasteiger partial charge < -0.3 is 0 Å². The van der Waals surface area contributed by atoms with Crippen molar-refractivity contribution >= 4 is 11.5 Å². The summed E-state index contributed by atoms with van der Waals surface area (Å²) in [5, 5.41) is 17.7. The smallest absolute Gasteiger partial charge is 0.293 e. The Kier molecular flexibility index (Phi) is 1.96. The third kappa shape index (κ3) is 1.21. The van der Waals surface area contributed by atoms with Crippen molar-refractivity contribution in [3.8, 4) is 0 Å². The predicted octanol–water partition coefficient (Wildman–Crippen LogP) is -0.0638. The molecule has 7 heteroatoms. The average Bonchev–Trinajstić information content (AvgIpc) is 2.30. The fraction of sp³-hybridized carbons (Fsp3) is 0.400.